The van der Waals surface area contributed by atoms with Crippen molar-refractivity contribution in [3.05, 3.63) is 42.1 Å². The maximum atomic E-state index is 5.81. The Labute approximate surface area is 132 Å². The van der Waals surface area contributed by atoms with Gasteiger partial charge in [0.2, 0.25) is 0 Å². The number of nitrogens with zero attached hydrogens (tertiary/aromatic N) is 1. The Morgan fingerprint density at radius 3 is 2.91 bits per heavy atom. The van der Waals surface area contributed by atoms with Crippen molar-refractivity contribution in [3.63, 3.8) is 0 Å². The van der Waals surface area contributed by atoms with Gasteiger partial charge in [0.15, 0.2) is 5.90 Å². The number of benzene rings is 1. The number of hydrogen-bond donors (Lipinski definition) is 2. The van der Waals surface area contributed by atoms with Crippen LogP contribution in [0.3, 0.4) is 0 Å². The number of ether oxygens (including phenoxy) is 1. The number of anilines is 1. The molecule has 1 aromatic rings. The first kappa shape index (κ1) is 15.1. The molecule has 0 saturated carbocycles. The predicted octanol–water partition coefficient (Wildman–Crippen LogP) is 3.29. The molecule has 4 nitrogen and oxygen atoms in total. The molecule has 0 aromatic heterocycles. The van der Waals surface area contributed by atoms with E-state index in [1.165, 1.54) is 17.7 Å². The zero-order valence-corrected chi connectivity index (χ0v) is 13.2. The summed E-state index contributed by atoms with van der Waals surface area (Å²) in [7, 11) is 0. The summed E-state index contributed by atoms with van der Waals surface area (Å²) >= 11 is 0. The van der Waals surface area contributed by atoms with Gasteiger partial charge in [-0.15, -0.1) is 0 Å². The maximum Gasteiger partial charge on any atom is 0.195 e. The van der Waals surface area contributed by atoms with Crippen molar-refractivity contribution in [2.24, 2.45) is 4.99 Å². The topological polar surface area (TPSA) is 45.6 Å². The van der Waals surface area contributed by atoms with Gasteiger partial charge >= 0.3 is 0 Å². The van der Waals surface area contributed by atoms with Crippen molar-refractivity contribution >= 4 is 11.6 Å². The Kier molecular flexibility index (Phi) is 5.11. The number of nitrogens with one attached hydrogen (secondary N) is 2. The van der Waals surface area contributed by atoms with Gasteiger partial charge < -0.3 is 15.4 Å². The van der Waals surface area contributed by atoms with E-state index in [1.54, 1.807) is 0 Å². The molecular weight excluding hydrogens is 274 g/mol. The molecule has 0 radical (unpaired) electrons. The molecule has 1 aromatic carbocycles. The molecule has 2 aliphatic rings. The lowest BCUT2D eigenvalue weighted by Gasteiger charge is -2.21. The third-order valence-corrected chi connectivity index (χ3v) is 4.18. The second-order valence-electron chi connectivity index (χ2n) is 5.94. The van der Waals surface area contributed by atoms with E-state index >= 15 is 0 Å². The standard InChI is InChI=1S/C18H25N3O/c1-2-12-22-18-17(4-3-10-20-18)14-5-7-15(8-6-14)21-16-9-11-19-13-16/h3,5-8,10,16-17,19,21H,2,4,9,11-13H2,1H3/t16?,17-/m1/s1. The van der Waals surface area contributed by atoms with E-state index in [1.807, 2.05) is 6.20 Å². The van der Waals surface area contributed by atoms with Crippen molar-refractivity contribution < 1.29 is 4.74 Å². The minimum atomic E-state index is 0.249. The van der Waals surface area contributed by atoms with Crippen LogP contribution in [0.15, 0.2) is 41.5 Å². The molecule has 3 rings (SSSR count). The van der Waals surface area contributed by atoms with Crippen LogP contribution < -0.4 is 10.6 Å². The van der Waals surface area contributed by atoms with E-state index in [9.17, 15) is 0 Å². The van der Waals surface area contributed by atoms with Gasteiger partial charge in [-0.25, -0.2) is 4.99 Å². The Bertz CT molecular complexity index is 530. The van der Waals surface area contributed by atoms with E-state index in [-0.39, 0.29) is 5.92 Å². The highest BCUT2D eigenvalue weighted by Crippen LogP contribution is 2.27. The molecule has 0 aliphatic carbocycles. The summed E-state index contributed by atoms with van der Waals surface area (Å²) in [4.78, 5) is 4.42. The maximum absolute atomic E-state index is 5.81. The van der Waals surface area contributed by atoms with Gasteiger partial charge in [0.25, 0.3) is 0 Å². The Balaban J connectivity index is 1.66. The van der Waals surface area contributed by atoms with Gasteiger partial charge in [-0.2, -0.15) is 0 Å². The van der Waals surface area contributed by atoms with Crippen LogP contribution in [0, 0.1) is 0 Å². The van der Waals surface area contributed by atoms with Crippen LogP contribution in [0.2, 0.25) is 0 Å². The first-order chi connectivity index (χ1) is 10.9. The van der Waals surface area contributed by atoms with Crippen LogP contribution in [0.4, 0.5) is 5.69 Å². The molecule has 1 fully saturated rings. The summed E-state index contributed by atoms with van der Waals surface area (Å²) in [5.41, 5.74) is 2.46. The summed E-state index contributed by atoms with van der Waals surface area (Å²) in [5, 5.41) is 6.96. The largest absolute Gasteiger partial charge is 0.480 e. The Morgan fingerprint density at radius 2 is 2.18 bits per heavy atom. The third-order valence-electron chi connectivity index (χ3n) is 4.18. The normalized spacial score (nSPS) is 24.1. The minimum absolute atomic E-state index is 0.249. The predicted molar refractivity (Wildman–Crippen MR) is 91.5 cm³/mol. The van der Waals surface area contributed by atoms with Crippen molar-refractivity contribution in [1.29, 1.82) is 0 Å². The third kappa shape index (κ3) is 3.69. The molecule has 0 amide bonds. The lowest BCUT2D eigenvalue weighted by atomic mass is 9.94. The highest BCUT2D eigenvalue weighted by Gasteiger charge is 2.21. The fourth-order valence-corrected chi connectivity index (χ4v) is 2.96. The number of rotatable bonds is 5. The fraction of sp³-hybridized carbons (Fsp3) is 0.500. The second kappa shape index (κ2) is 7.45. The van der Waals surface area contributed by atoms with Crippen LogP contribution in [0.25, 0.3) is 0 Å². The molecular formula is C18H25N3O. The Morgan fingerprint density at radius 1 is 1.32 bits per heavy atom. The van der Waals surface area contributed by atoms with Crippen molar-refractivity contribution in [1.82, 2.24) is 5.32 Å². The zero-order chi connectivity index (χ0) is 15.2. The molecule has 2 N–H and O–H groups in total. The van der Waals surface area contributed by atoms with Crippen LogP contribution in [-0.2, 0) is 4.74 Å². The number of allylic oxidation sites excluding steroid dienone is 1. The van der Waals surface area contributed by atoms with Gasteiger partial charge in [0.05, 0.1) is 12.5 Å². The summed E-state index contributed by atoms with van der Waals surface area (Å²) in [6, 6.07) is 9.28. The Hall–Kier alpha value is -1.81. The molecule has 4 heteroatoms. The first-order valence-electron chi connectivity index (χ1n) is 8.29. The van der Waals surface area contributed by atoms with E-state index in [0.717, 1.165) is 38.4 Å². The van der Waals surface area contributed by atoms with Crippen molar-refractivity contribution in [2.45, 2.75) is 38.1 Å². The lowest BCUT2D eigenvalue weighted by molar-refractivity contribution is 0.289. The molecule has 2 aliphatic heterocycles. The van der Waals surface area contributed by atoms with Gasteiger partial charge in [0.1, 0.15) is 0 Å². The molecule has 1 saturated heterocycles. The van der Waals surface area contributed by atoms with E-state index in [4.69, 9.17) is 4.74 Å². The molecule has 22 heavy (non-hydrogen) atoms. The average Bonchev–Trinajstić information content (AvgIpc) is 3.07. The van der Waals surface area contributed by atoms with E-state index in [2.05, 4.69) is 52.9 Å². The van der Waals surface area contributed by atoms with Crippen LogP contribution >= 0.6 is 0 Å². The highest BCUT2D eigenvalue weighted by molar-refractivity contribution is 5.85. The molecule has 1 unspecified atom stereocenters. The van der Waals surface area contributed by atoms with Crippen LogP contribution in [0.1, 0.15) is 37.7 Å². The molecule has 118 valence electrons. The van der Waals surface area contributed by atoms with Gasteiger partial charge in [0, 0.05) is 24.5 Å². The van der Waals surface area contributed by atoms with Gasteiger partial charge in [-0.3, -0.25) is 0 Å². The van der Waals surface area contributed by atoms with Crippen molar-refractivity contribution in [2.75, 3.05) is 25.0 Å². The molecule has 0 bridgehead atoms. The van der Waals surface area contributed by atoms with Gasteiger partial charge in [-0.1, -0.05) is 25.1 Å². The summed E-state index contributed by atoms with van der Waals surface area (Å²) in [5.74, 6) is 1.10. The highest BCUT2D eigenvalue weighted by atomic mass is 16.5. The summed E-state index contributed by atoms with van der Waals surface area (Å²) < 4.78 is 5.81. The van der Waals surface area contributed by atoms with Crippen LogP contribution in [-0.4, -0.2) is 31.6 Å². The smallest absolute Gasteiger partial charge is 0.195 e. The fourth-order valence-electron chi connectivity index (χ4n) is 2.96. The van der Waals surface area contributed by atoms with Gasteiger partial charge in [-0.05, 0) is 43.5 Å². The summed E-state index contributed by atoms with van der Waals surface area (Å²) in [6.45, 7) is 5.01. The SMILES string of the molecule is CCCOC1=NC=CC[C@@H]1c1ccc(NC2CCNC2)cc1. The van der Waals surface area contributed by atoms with E-state index < -0.39 is 0 Å². The molecule has 0 spiro atoms. The molecule has 2 heterocycles. The number of aliphatic imine (C=N–C) groups is 1. The first-order valence-corrected chi connectivity index (χ1v) is 8.29. The van der Waals surface area contributed by atoms with E-state index in [0.29, 0.717) is 6.04 Å². The monoisotopic (exact) mass is 299 g/mol. The average molecular weight is 299 g/mol. The lowest BCUT2D eigenvalue weighted by Crippen LogP contribution is -2.22. The van der Waals surface area contributed by atoms with Crippen molar-refractivity contribution in [3.8, 4) is 0 Å². The molecule has 2 atom stereocenters. The quantitative estimate of drug-likeness (QED) is 0.877. The zero-order valence-electron chi connectivity index (χ0n) is 13.2. The number of hydrogen-bond acceptors (Lipinski definition) is 4. The van der Waals surface area contributed by atoms with Crippen LogP contribution in [0.5, 0.6) is 0 Å². The second-order valence-corrected chi connectivity index (χ2v) is 5.94. The summed E-state index contributed by atoms with van der Waals surface area (Å²) in [6.07, 6.45) is 7.12. The minimum Gasteiger partial charge on any atom is -0.480 e.